The molecule has 0 saturated heterocycles. The van der Waals surface area contributed by atoms with E-state index in [1.54, 1.807) is 51.1 Å². The van der Waals surface area contributed by atoms with Crippen LogP contribution in [0.5, 0.6) is 0 Å². The number of rotatable bonds is 18. The normalized spacial score (nSPS) is 14.2. The van der Waals surface area contributed by atoms with Crippen molar-refractivity contribution in [1.82, 2.24) is 16.0 Å². The Hall–Kier alpha value is -5.23. The summed E-state index contributed by atoms with van der Waals surface area (Å²) in [5.74, 6) is -4.28. The molecule has 5 atom stereocenters. The zero-order valence-electron chi connectivity index (χ0n) is 28.7. The molecule has 268 valence electrons. The van der Waals surface area contributed by atoms with E-state index in [0.717, 1.165) is 16.7 Å². The Bertz CT molecular complexity index is 1550. The highest BCUT2D eigenvalue weighted by atomic mass is 16.6. The number of nitrogens with one attached hydrogen (secondary N) is 3. The molecule has 0 saturated carbocycles. The van der Waals surface area contributed by atoms with Gasteiger partial charge in [0.25, 0.3) is 0 Å². The summed E-state index contributed by atoms with van der Waals surface area (Å²) >= 11 is 0. The Balaban J connectivity index is 1.86. The van der Waals surface area contributed by atoms with Crippen molar-refractivity contribution in [3.05, 3.63) is 108 Å². The zero-order valence-corrected chi connectivity index (χ0v) is 28.7. The topological polar surface area (TPSA) is 197 Å². The second kappa shape index (κ2) is 19.1. The molecular weight excluding hydrogens is 640 g/mol. The first-order valence-corrected chi connectivity index (χ1v) is 16.6. The fourth-order valence-electron chi connectivity index (χ4n) is 5.42. The Morgan fingerprint density at radius 1 is 0.700 bits per heavy atom. The number of amides is 4. The van der Waals surface area contributed by atoms with E-state index in [9.17, 15) is 34.2 Å². The van der Waals surface area contributed by atoms with E-state index >= 15 is 0 Å². The van der Waals surface area contributed by atoms with Gasteiger partial charge in [-0.3, -0.25) is 19.2 Å². The van der Waals surface area contributed by atoms with Crippen LogP contribution in [0.15, 0.2) is 91.0 Å². The van der Waals surface area contributed by atoms with Crippen LogP contribution >= 0.6 is 0 Å². The van der Waals surface area contributed by atoms with Crippen LogP contribution in [-0.4, -0.2) is 69.8 Å². The molecule has 0 spiro atoms. The number of ether oxygens (including phenoxy) is 1. The summed E-state index contributed by atoms with van der Waals surface area (Å²) in [6.45, 7) is 5.17. The van der Waals surface area contributed by atoms with Crippen molar-refractivity contribution in [3.8, 4) is 0 Å². The number of aliphatic carboxylic acids is 1. The zero-order chi connectivity index (χ0) is 36.7. The molecule has 0 bridgehead atoms. The summed E-state index contributed by atoms with van der Waals surface area (Å²) in [5, 5.41) is 29.0. The number of carbonyl (C=O) groups is 5. The molecule has 3 rings (SSSR count). The molecule has 0 heterocycles. The number of aliphatic hydroxyl groups is 1. The smallest absolute Gasteiger partial charge is 0.407 e. The van der Waals surface area contributed by atoms with Gasteiger partial charge >= 0.3 is 12.1 Å². The van der Waals surface area contributed by atoms with E-state index in [1.807, 2.05) is 60.7 Å². The number of alkyl carbamates (subject to hydrolysis) is 1. The van der Waals surface area contributed by atoms with Crippen molar-refractivity contribution >= 4 is 29.8 Å². The van der Waals surface area contributed by atoms with E-state index in [1.165, 1.54) is 0 Å². The lowest BCUT2D eigenvalue weighted by Crippen LogP contribution is -2.55. The molecule has 0 radical (unpaired) electrons. The number of aliphatic hydroxyl groups excluding tert-OH is 1. The summed E-state index contributed by atoms with van der Waals surface area (Å²) < 4.78 is 5.45. The highest BCUT2D eigenvalue weighted by Crippen LogP contribution is 2.20. The predicted octanol–water partition coefficient (Wildman–Crippen LogP) is 3.29. The van der Waals surface area contributed by atoms with Crippen molar-refractivity contribution in [1.29, 1.82) is 0 Å². The van der Waals surface area contributed by atoms with Crippen molar-refractivity contribution in [2.24, 2.45) is 11.7 Å². The maximum Gasteiger partial charge on any atom is 0.407 e. The molecule has 0 fully saturated rings. The third-order valence-corrected chi connectivity index (χ3v) is 7.91. The van der Waals surface area contributed by atoms with Gasteiger partial charge in [-0.05, 0) is 63.1 Å². The van der Waals surface area contributed by atoms with E-state index in [4.69, 9.17) is 10.5 Å². The molecule has 50 heavy (non-hydrogen) atoms. The van der Waals surface area contributed by atoms with Crippen LogP contribution in [-0.2, 0) is 43.2 Å². The molecule has 0 unspecified atom stereocenters. The number of carboxylic acid groups (broad SMARTS) is 1. The molecule has 0 aromatic heterocycles. The monoisotopic (exact) mass is 688 g/mol. The van der Waals surface area contributed by atoms with Crippen molar-refractivity contribution in [2.45, 2.75) is 89.1 Å². The Labute approximate surface area is 292 Å². The first kappa shape index (κ1) is 39.2. The van der Waals surface area contributed by atoms with Crippen LogP contribution in [0.1, 0.15) is 56.7 Å². The molecular formula is C38H48N4O8. The van der Waals surface area contributed by atoms with E-state index in [2.05, 4.69) is 16.0 Å². The third-order valence-electron chi connectivity index (χ3n) is 7.91. The van der Waals surface area contributed by atoms with Crippen LogP contribution in [0, 0.1) is 5.92 Å². The van der Waals surface area contributed by atoms with Gasteiger partial charge in [-0.15, -0.1) is 0 Å². The number of nitrogens with two attached hydrogens (primary N) is 1. The first-order valence-electron chi connectivity index (χ1n) is 16.6. The van der Waals surface area contributed by atoms with Gasteiger partial charge in [0.2, 0.25) is 17.7 Å². The van der Waals surface area contributed by atoms with E-state index < -0.39 is 72.0 Å². The van der Waals surface area contributed by atoms with Crippen LogP contribution < -0.4 is 21.7 Å². The number of hydrogen-bond acceptors (Lipinski definition) is 7. The fourth-order valence-corrected chi connectivity index (χ4v) is 5.42. The Morgan fingerprint density at radius 3 is 1.66 bits per heavy atom. The first-order chi connectivity index (χ1) is 23.7. The minimum atomic E-state index is -1.33. The highest BCUT2D eigenvalue weighted by molar-refractivity contribution is 5.92. The van der Waals surface area contributed by atoms with Crippen LogP contribution in [0.25, 0.3) is 0 Å². The molecule has 12 heteroatoms. The number of hydrogen-bond donors (Lipinski definition) is 6. The molecule has 3 aromatic carbocycles. The van der Waals surface area contributed by atoms with Gasteiger partial charge in [0.15, 0.2) is 0 Å². The summed E-state index contributed by atoms with van der Waals surface area (Å²) in [7, 11) is 0. The Morgan fingerprint density at radius 2 is 1.18 bits per heavy atom. The SMILES string of the molecule is CC(C)(C)OC(=O)N[C@@H](Cc1ccccc1)[C@H](O)C[C@H](Cc1ccccc1)C(=O)N[C@@H](CCC(=O)O)C(=O)N[C@@H](Cc1ccccc1)C(N)=O. The van der Waals surface area contributed by atoms with Crippen molar-refractivity contribution < 1.29 is 38.9 Å². The second-order valence-corrected chi connectivity index (χ2v) is 13.3. The largest absolute Gasteiger partial charge is 0.481 e. The quantitative estimate of drug-likeness (QED) is 0.117. The number of primary amides is 1. The van der Waals surface area contributed by atoms with Crippen LogP contribution in [0.4, 0.5) is 4.79 Å². The average Bonchev–Trinajstić information content (AvgIpc) is 3.06. The summed E-state index contributed by atoms with van der Waals surface area (Å²) in [4.78, 5) is 64.1. The number of benzene rings is 3. The number of carboxylic acids is 1. The lowest BCUT2D eigenvalue weighted by atomic mass is 9.88. The molecule has 12 nitrogen and oxygen atoms in total. The maximum atomic E-state index is 14.0. The molecule has 7 N–H and O–H groups in total. The molecule has 0 aliphatic carbocycles. The van der Waals surface area contributed by atoms with Gasteiger partial charge in [-0.25, -0.2) is 4.79 Å². The van der Waals surface area contributed by atoms with Gasteiger partial charge in [0.05, 0.1) is 12.1 Å². The van der Waals surface area contributed by atoms with Gasteiger partial charge in [0, 0.05) is 18.8 Å². The van der Waals surface area contributed by atoms with E-state index in [-0.39, 0.29) is 32.1 Å². The summed E-state index contributed by atoms with van der Waals surface area (Å²) in [5.41, 5.74) is 7.16. The van der Waals surface area contributed by atoms with E-state index in [0.29, 0.717) is 0 Å². The maximum absolute atomic E-state index is 14.0. The lowest BCUT2D eigenvalue weighted by Gasteiger charge is -2.30. The standard InChI is InChI=1S/C38H48N4O8/c1-38(2,3)50-37(49)42-30(22-26-15-9-5-10-16-26)32(43)24-28(21-25-13-7-4-8-14-25)35(47)40-29(19-20-33(44)45)36(48)41-31(34(39)46)23-27-17-11-6-12-18-27/h4-18,28-32,43H,19-24H2,1-3H3,(H2,39,46)(H,40,47)(H,41,48)(H,42,49)(H,44,45)/t28-,29-,30-,31-,32+/m0/s1. The highest BCUT2D eigenvalue weighted by Gasteiger charge is 2.33. The van der Waals surface area contributed by atoms with Gasteiger partial charge in [-0.2, -0.15) is 0 Å². The lowest BCUT2D eigenvalue weighted by molar-refractivity contribution is -0.138. The van der Waals surface area contributed by atoms with Gasteiger partial charge < -0.3 is 36.6 Å². The minimum absolute atomic E-state index is 0.0950. The average molecular weight is 689 g/mol. The minimum Gasteiger partial charge on any atom is -0.481 e. The fraction of sp³-hybridized carbons (Fsp3) is 0.395. The van der Waals surface area contributed by atoms with Gasteiger partial charge in [-0.1, -0.05) is 91.0 Å². The molecule has 0 aliphatic rings. The second-order valence-electron chi connectivity index (χ2n) is 13.3. The van der Waals surface area contributed by atoms with Gasteiger partial charge in [0.1, 0.15) is 17.7 Å². The predicted molar refractivity (Wildman–Crippen MR) is 188 cm³/mol. The van der Waals surface area contributed by atoms with Crippen LogP contribution in [0.3, 0.4) is 0 Å². The van der Waals surface area contributed by atoms with Crippen LogP contribution in [0.2, 0.25) is 0 Å². The number of carbonyl (C=O) groups excluding carboxylic acids is 4. The Kier molecular flexibility index (Phi) is 15.0. The van der Waals surface area contributed by atoms with Crippen molar-refractivity contribution in [2.75, 3.05) is 0 Å². The van der Waals surface area contributed by atoms with Crippen molar-refractivity contribution in [3.63, 3.8) is 0 Å². The molecule has 3 aromatic rings. The summed E-state index contributed by atoms with van der Waals surface area (Å²) in [6.07, 6.45) is -2.30. The summed E-state index contributed by atoms with van der Waals surface area (Å²) in [6, 6.07) is 23.9. The molecule has 4 amide bonds. The molecule has 0 aliphatic heterocycles. The third kappa shape index (κ3) is 14.1.